The summed E-state index contributed by atoms with van der Waals surface area (Å²) in [7, 11) is -3.74. The van der Waals surface area contributed by atoms with Crippen molar-refractivity contribution in [1.82, 2.24) is 0 Å². The number of hydrogen-bond donors (Lipinski definition) is 2. The van der Waals surface area contributed by atoms with Gasteiger partial charge in [0.1, 0.15) is 11.0 Å². The van der Waals surface area contributed by atoms with E-state index in [9.17, 15) is 18.3 Å². The van der Waals surface area contributed by atoms with Gasteiger partial charge < -0.3 is 10.0 Å². The molecule has 1 aliphatic rings. The van der Waals surface area contributed by atoms with Crippen molar-refractivity contribution in [3.63, 3.8) is 0 Å². The average Bonchev–Trinajstić information content (AvgIpc) is 2.64. The Kier molecular flexibility index (Phi) is 3.22. The lowest BCUT2D eigenvalue weighted by atomic mass is 10.3. The van der Waals surface area contributed by atoms with Crippen molar-refractivity contribution in [1.29, 1.82) is 0 Å². The maximum Gasteiger partial charge on any atom is 0.228 e. The molecule has 1 heterocycles. The number of phenols is 1. The van der Waals surface area contributed by atoms with E-state index in [2.05, 4.69) is 0 Å². The molecule has 0 saturated carbocycles. The standard InChI is InChI=1S/C10H11ClN2O4S/c11-8-3-6(1-2-9(8)14)13-5-7(4-10(13)15)18(12,16)17/h1-3,7,14H,4-5H2,(H2,12,16,17). The molecule has 1 unspecified atom stereocenters. The first kappa shape index (κ1) is 13.1. The zero-order chi connectivity index (χ0) is 13.5. The van der Waals surface area contributed by atoms with Gasteiger partial charge in [0.05, 0.1) is 5.02 Å². The van der Waals surface area contributed by atoms with Gasteiger partial charge in [0.25, 0.3) is 0 Å². The van der Waals surface area contributed by atoms with E-state index in [-0.39, 0.29) is 29.6 Å². The lowest BCUT2D eigenvalue weighted by Gasteiger charge is -2.16. The number of nitrogens with zero attached hydrogens (tertiary/aromatic N) is 1. The number of anilines is 1. The predicted octanol–water partition coefficient (Wildman–Crippen LogP) is 0.439. The molecule has 0 aromatic heterocycles. The van der Waals surface area contributed by atoms with Gasteiger partial charge in [-0.2, -0.15) is 0 Å². The Labute approximate surface area is 109 Å². The normalized spacial score (nSPS) is 20.4. The first-order chi connectivity index (χ1) is 8.29. The highest BCUT2D eigenvalue weighted by Gasteiger charge is 2.37. The predicted molar refractivity (Wildman–Crippen MR) is 67.0 cm³/mol. The number of carbonyl (C=O) groups excluding carboxylic acids is 1. The molecule has 1 aromatic carbocycles. The smallest absolute Gasteiger partial charge is 0.228 e. The summed E-state index contributed by atoms with van der Waals surface area (Å²) in [5.74, 6) is -0.439. The molecule has 3 N–H and O–H groups in total. The molecule has 0 radical (unpaired) electrons. The molecule has 6 nitrogen and oxygen atoms in total. The molecule has 1 aliphatic heterocycles. The second-order valence-corrected chi connectivity index (χ2v) is 6.31. The number of halogens is 1. The number of aromatic hydroxyl groups is 1. The molecule has 1 fully saturated rings. The first-order valence-electron chi connectivity index (χ1n) is 5.09. The Morgan fingerprint density at radius 2 is 2.11 bits per heavy atom. The largest absolute Gasteiger partial charge is 0.506 e. The number of rotatable bonds is 2. The average molecular weight is 291 g/mol. The van der Waals surface area contributed by atoms with Gasteiger partial charge in [-0.25, -0.2) is 13.6 Å². The summed E-state index contributed by atoms with van der Waals surface area (Å²) >= 11 is 5.74. The number of phenolic OH excluding ortho intramolecular Hbond substituents is 1. The SMILES string of the molecule is NS(=O)(=O)C1CC(=O)N(c2ccc(O)c(Cl)c2)C1. The Hall–Kier alpha value is -1.31. The highest BCUT2D eigenvalue weighted by molar-refractivity contribution is 7.89. The van der Waals surface area contributed by atoms with E-state index in [1.807, 2.05) is 0 Å². The molecule has 98 valence electrons. The monoisotopic (exact) mass is 290 g/mol. The number of nitrogens with two attached hydrogens (primary N) is 1. The van der Waals surface area contributed by atoms with Crippen LogP contribution < -0.4 is 10.0 Å². The van der Waals surface area contributed by atoms with Gasteiger partial charge in [0, 0.05) is 18.7 Å². The van der Waals surface area contributed by atoms with Crippen molar-refractivity contribution >= 4 is 33.2 Å². The van der Waals surface area contributed by atoms with Crippen LogP contribution in [0.5, 0.6) is 5.75 Å². The number of carbonyl (C=O) groups is 1. The summed E-state index contributed by atoms with van der Waals surface area (Å²) in [4.78, 5) is 13.0. The minimum Gasteiger partial charge on any atom is -0.506 e. The van der Waals surface area contributed by atoms with E-state index >= 15 is 0 Å². The number of hydrogen-bond acceptors (Lipinski definition) is 4. The van der Waals surface area contributed by atoms with Crippen molar-refractivity contribution < 1.29 is 18.3 Å². The van der Waals surface area contributed by atoms with Crippen LogP contribution in [0.15, 0.2) is 18.2 Å². The Bertz CT molecular complexity index is 602. The fraction of sp³-hybridized carbons (Fsp3) is 0.300. The van der Waals surface area contributed by atoms with Crippen LogP contribution in [0.4, 0.5) is 5.69 Å². The summed E-state index contributed by atoms with van der Waals surface area (Å²) in [5, 5.41) is 13.5. The highest BCUT2D eigenvalue weighted by Crippen LogP contribution is 2.31. The zero-order valence-corrected chi connectivity index (χ0v) is 10.8. The molecule has 18 heavy (non-hydrogen) atoms. The van der Waals surface area contributed by atoms with Gasteiger partial charge in [-0.1, -0.05) is 11.6 Å². The van der Waals surface area contributed by atoms with Crippen molar-refractivity contribution in [2.75, 3.05) is 11.4 Å². The third kappa shape index (κ3) is 2.43. The van der Waals surface area contributed by atoms with Crippen LogP contribution in [0.2, 0.25) is 5.02 Å². The van der Waals surface area contributed by atoms with Gasteiger partial charge in [-0.3, -0.25) is 4.79 Å². The maximum atomic E-state index is 11.7. The van der Waals surface area contributed by atoms with Crippen LogP contribution in [0.25, 0.3) is 0 Å². The fourth-order valence-corrected chi connectivity index (χ4v) is 2.71. The summed E-state index contributed by atoms with van der Waals surface area (Å²) in [6.07, 6.45) is -0.142. The summed E-state index contributed by atoms with van der Waals surface area (Å²) < 4.78 is 22.4. The van der Waals surface area contributed by atoms with Crippen LogP contribution in [0.1, 0.15) is 6.42 Å². The first-order valence-corrected chi connectivity index (χ1v) is 7.08. The van der Waals surface area contributed by atoms with Gasteiger partial charge in [0.15, 0.2) is 0 Å². The lowest BCUT2D eigenvalue weighted by molar-refractivity contribution is -0.117. The quantitative estimate of drug-likeness (QED) is 0.825. The second-order valence-electron chi connectivity index (χ2n) is 4.06. The van der Waals surface area contributed by atoms with Crippen molar-refractivity contribution in [3.8, 4) is 5.75 Å². The van der Waals surface area contributed by atoms with Gasteiger partial charge in [-0.15, -0.1) is 0 Å². The lowest BCUT2D eigenvalue weighted by Crippen LogP contribution is -2.32. The molecular weight excluding hydrogens is 280 g/mol. The minimum absolute atomic E-state index is 0.00122. The van der Waals surface area contributed by atoms with E-state index in [1.165, 1.54) is 23.1 Å². The highest BCUT2D eigenvalue weighted by atomic mass is 35.5. The summed E-state index contributed by atoms with van der Waals surface area (Å²) in [6, 6.07) is 4.24. The molecule has 1 saturated heterocycles. The summed E-state index contributed by atoms with van der Waals surface area (Å²) in [6.45, 7) is -0.00122. The van der Waals surface area contributed by atoms with E-state index in [0.29, 0.717) is 5.69 Å². The third-order valence-electron chi connectivity index (χ3n) is 2.80. The number of sulfonamides is 1. The molecule has 0 bridgehead atoms. The molecule has 1 atom stereocenters. The number of primary sulfonamides is 1. The van der Waals surface area contributed by atoms with Crippen LogP contribution in [0, 0.1) is 0 Å². The minimum atomic E-state index is -3.74. The molecule has 1 aromatic rings. The van der Waals surface area contributed by atoms with Crippen LogP contribution >= 0.6 is 11.6 Å². The van der Waals surface area contributed by atoms with Crippen LogP contribution in [-0.2, 0) is 14.8 Å². The topological polar surface area (TPSA) is 101 Å². The van der Waals surface area contributed by atoms with Crippen LogP contribution in [-0.4, -0.2) is 31.2 Å². The second kappa shape index (κ2) is 4.42. The molecule has 0 spiro atoms. The van der Waals surface area contributed by atoms with Crippen molar-refractivity contribution in [3.05, 3.63) is 23.2 Å². The third-order valence-corrected chi connectivity index (χ3v) is 4.34. The molecule has 2 rings (SSSR count). The number of benzene rings is 1. The Balaban J connectivity index is 2.30. The fourth-order valence-electron chi connectivity index (χ4n) is 1.81. The van der Waals surface area contributed by atoms with E-state index in [1.54, 1.807) is 0 Å². The van der Waals surface area contributed by atoms with Gasteiger partial charge in [-0.05, 0) is 18.2 Å². The van der Waals surface area contributed by atoms with Crippen LogP contribution in [0.3, 0.4) is 0 Å². The molecule has 0 aliphatic carbocycles. The summed E-state index contributed by atoms with van der Waals surface area (Å²) in [5.41, 5.74) is 0.439. The Morgan fingerprint density at radius 1 is 1.44 bits per heavy atom. The number of amides is 1. The van der Waals surface area contributed by atoms with Gasteiger partial charge in [0.2, 0.25) is 15.9 Å². The van der Waals surface area contributed by atoms with Gasteiger partial charge >= 0.3 is 0 Å². The Morgan fingerprint density at radius 3 is 2.61 bits per heavy atom. The van der Waals surface area contributed by atoms with E-state index in [0.717, 1.165) is 0 Å². The van der Waals surface area contributed by atoms with Crippen molar-refractivity contribution in [2.24, 2.45) is 5.14 Å². The maximum absolute atomic E-state index is 11.7. The molecule has 8 heteroatoms. The van der Waals surface area contributed by atoms with Crippen molar-refractivity contribution in [2.45, 2.75) is 11.7 Å². The molecular formula is C10H11ClN2O4S. The van der Waals surface area contributed by atoms with E-state index in [4.69, 9.17) is 16.7 Å². The molecule has 1 amide bonds. The van der Waals surface area contributed by atoms with E-state index < -0.39 is 15.3 Å². The zero-order valence-electron chi connectivity index (χ0n) is 9.21.